The molecule has 0 amide bonds. The highest BCUT2D eigenvalue weighted by molar-refractivity contribution is 7.89. The molecule has 0 N–H and O–H groups in total. The van der Waals surface area contributed by atoms with Crippen molar-refractivity contribution in [1.29, 1.82) is 0 Å². The van der Waals surface area contributed by atoms with Gasteiger partial charge in [0.1, 0.15) is 5.82 Å². The molecule has 0 bridgehead atoms. The Kier molecular flexibility index (Phi) is 5.09. The van der Waals surface area contributed by atoms with E-state index >= 15 is 0 Å². The lowest BCUT2D eigenvalue weighted by Gasteiger charge is -2.26. The van der Waals surface area contributed by atoms with Crippen molar-refractivity contribution in [2.75, 3.05) is 12.4 Å². The molecule has 0 atom stereocenters. The monoisotopic (exact) mass is 319 g/mol. The van der Waals surface area contributed by atoms with Crippen LogP contribution >= 0.6 is 11.6 Å². The molecule has 0 radical (unpaired) electrons. The van der Waals surface area contributed by atoms with Crippen molar-refractivity contribution >= 4 is 21.6 Å². The summed E-state index contributed by atoms with van der Waals surface area (Å²) in [5.74, 6) is 1.03. The van der Waals surface area contributed by atoms with Crippen LogP contribution < -0.4 is 0 Å². The van der Waals surface area contributed by atoms with E-state index in [1.165, 1.54) is 0 Å². The number of imidazole rings is 1. The van der Waals surface area contributed by atoms with E-state index in [9.17, 15) is 8.42 Å². The number of nitrogens with zero attached hydrogens (tertiary/aromatic N) is 3. The van der Waals surface area contributed by atoms with Crippen molar-refractivity contribution in [3.63, 3.8) is 0 Å². The van der Waals surface area contributed by atoms with Gasteiger partial charge in [-0.25, -0.2) is 13.4 Å². The fraction of sp³-hybridized carbons (Fsp3) is 0.769. The van der Waals surface area contributed by atoms with E-state index in [0.717, 1.165) is 31.5 Å². The van der Waals surface area contributed by atoms with Crippen LogP contribution in [0.25, 0.3) is 0 Å². The highest BCUT2D eigenvalue weighted by Gasteiger charge is 2.34. The topological polar surface area (TPSA) is 55.2 Å². The lowest BCUT2D eigenvalue weighted by molar-refractivity contribution is 0.335. The standard InChI is InChI=1S/C13H22ClN3O2S/c1-3-16-10-13(15-11(16)2)20(18,19)17(9-8-14)12-6-4-5-7-12/h10,12H,3-9H2,1-2H3. The molecule has 0 unspecified atom stereocenters. The molecule has 0 saturated heterocycles. The van der Waals surface area contributed by atoms with E-state index in [1.807, 2.05) is 18.4 Å². The lowest BCUT2D eigenvalue weighted by Crippen LogP contribution is -2.40. The van der Waals surface area contributed by atoms with Gasteiger partial charge in [-0.1, -0.05) is 12.8 Å². The number of aromatic nitrogens is 2. The first-order chi connectivity index (χ1) is 9.50. The third-order valence-corrected chi connectivity index (χ3v) is 5.90. The van der Waals surface area contributed by atoms with Gasteiger partial charge in [-0.3, -0.25) is 0 Å². The van der Waals surface area contributed by atoms with Crippen molar-refractivity contribution < 1.29 is 8.42 Å². The summed E-state index contributed by atoms with van der Waals surface area (Å²) < 4.78 is 29.0. The zero-order valence-corrected chi connectivity index (χ0v) is 13.6. The number of hydrogen-bond donors (Lipinski definition) is 0. The molecule has 1 saturated carbocycles. The second-order valence-corrected chi connectivity index (χ2v) is 7.37. The third-order valence-electron chi connectivity index (χ3n) is 3.90. The summed E-state index contributed by atoms with van der Waals surface area (Å²) in [4.78, 5) is 4.22. The predicted octanol–water partition coefficient (Wildman–Crippen LogP) is 2.38. The number of alkyl halides is 1. The molecule has 0 spiro atoms. The van der Waals surface area contributed by atoms with E-state index in [1.54, 1.807) is 10.5 Å². The summed E-state index contributed by atoms with van der Waals surface area (Å²) in [7, 11) is -3.54. The van der Waals surface area contributed by atoms with Crippen LogP contribution in [0.1, 0.15) is 38.4 Å². The minimum Gasteiger partial charge on any atom is -0.334 e. The van der Waals surface area contributed by atoms with Gasteiger partial charge in [-0.05, 0) is 26.7 Å². The Morgan fingerprint density at radius 3 is 2.60 bits per heavy atom. The molecule has 1 aliphatic rings. The maximum Gasteiger partial charge on any atom is 0.262 e. The average Bonchev–Trinajstić information content (AvgIpc) is 3.04. The van der Waals surface area contributed by atoms with Crippen molar-refractivity contribution in [3.8, 4) is 0 Å². The molecule has 20 heavy (non-hydrogen) atoms. The van der Waals surface area contributed by atoms with Gasteiger partial charge in [0, 0.05) is 31.2 Å². The van der Waals surface area contributed by atoms with Gasteiger partial charge in [-0.15, -0.1) is 11.6 Å². The smallest absolute Gasteiger partial charge is 0.262 e. The van der Waals surface area contributed by atoms with Crippen LogP contribution in [0.4, 0.5) is 0 Å². The van der Waals surface area contributed by atoms with Crippen LogP contribution in [0, 0.1) is 6.92 Å². The summed E-state index contributed by atoms with van der Waals surface area (Å²) in [6.45, 7) is 4.86. The highest BCUT2D eigenvalue weighted by atomic mass is 35.5. The van der Waals surface area contributed by atoms with Gasteiger partial charge in [0.05, 0.1) is 0 Å². The zero-order chi connectivity index (χ0) is 14.8. The molecule has 1 aliphatic carbocycles. The summed E-state index contributed by atoms with van der Waals surface area (Å²) >= 11 is 5.80. The van der Waals surface area contributed by atoms with Crippen LogP contribution in [0.2, 0.25) is 0 Å². The maximum atomic E-state index is 12.8. The molecule has 1 fully saturated rings. The molecule has 7 heteroatoms. The van der Waals surface area contributed by atoms with Crippen LogP contribution in [-0.4, -0.2) is 40.7 Å². The normalized spacial score (nSPS) is 17.2. The minimum atomic E-state index is -3.54. The van der Waals surface area contributed by atoms with Gasteiger partial charge in [0.15, 0.2) is 5.03 Å². The Morgan fingerprint density at radius 1 is 1.45 bits per heavy atom. The second kappa shape index (κ2) is 6.45. The Hall–Kier alpha value is -0.590. The molecule has 2 rings (SSSR count). The van der Waals surface area contributed by atoms with Crippen molar-refractivity contribution in [2.45, 2.75) is 57.1 Å². The van der Waals surface area contributed by atoms with Crippen molar-refractivity contribution in [3.05, 3.63) is 12.0 Å². The minimum absolute atomic E-state index is 0.0748. The maximum absolute atomic E-state index is 12.8. The molecule has 1 heterocycles. The SMILES string of the molecule is CCn1cc(S(=O)(=O)N(CCCl)C2CCCC2)nc1C. The number of sulfonamides is 1. The molecule has 5 nitrogen and oxygen atoms in total. The van der Waals surface area contributed by atoms with Crippen LogP contribution in [0.5, 0.6) is 0 Å². The van der Waals surface area contributed by atoms with Crippen molar-refractivity contribution in [2.24, 2.45) is 0 Å². The van der Waals surface area contributed by atoms with Crippen LogP contribution in [-0.2, 0) is 16.6 Å². The summed E-state index contributed by atoms with van der Waals surface area (Å²) in [6.07, 6.45) is 5.64. The van der Waals surface area contributed by atoms with Gasteiger partial charge in [0.25, 0.3) is 10.0 Å². The summed E-state index contributed by atoms with van der Waals surface area (Å²) in [5.41, 5.74) is 0. The Labute approximate surface area is 126 Å². The average molecular weight is 320 g/mol. The van der Waals surface area contributed by atoms with E-state index in [2.05, 4.69) is 4.98 Å². The first kappa shape index (κ1) is 15.8. The van der Waals surface area contributed by atoms with E-state index in [0.29, 0.717) is 19.0 Å². The van der Waals surface area contributed by atoms with Crippen LogP contribution in [0.3, 0.4) is 0 Å². The van der Waals surface area contributed by atoms with E-state index in [-0.39, 0.29) is 11.1 Å². The fourth-order valence-corrected chi connectivity index (χ4v) is 4.78. The number of halogens is 1. The van der Waals surface area contributed by atoms with Gasteiger partial charge in [0.2, 0.25) is 0 Å². The second-order valence-electron chi connectivity index (χ2n) is 5.16. The number of aryl methyl sites for hydroxylation is 2. The quantitative estimate of drug-likeness (QED) is 0.756. The Balaban J connectivity index is 2.33. The fourth-order valence-electron chi connectivity index (χ4n) is 2.82. The van der Waals surface area contributed by atoms with Gasteiger partial charge >= 0.3 is 0 Å². The van der Waals surface area contributed by atoms with Crippen molar-refractivity contribution in [1.82, 2.24) is 13.9 Å². The molecule has 114 valence electrons. The van der Waals surface area contributed by atoms with E-state index in [4.69, 9.17) is 11.6 Å². The molecular formula is C13H22ClN3O2S. The summed E-state index contributed by atoms with van der Waals surface area (Å²) in [5, 5.41) is 0.147. The van der Waals surface area contributed by atoms with Gasteiger partial charge in [-0.2, -0.15) is 4.31 Å². The molecule has 0 aliphatic heterocycles. The molecular weight excluding hydrogens is 298 g/mol. The Bertz CT molecular complexity index is 550. The predicted molar refractivity (Wildman–Crippen MR) is 79.5 cm³/mol. The third kappa shape index (κ3) is 3.02. The first-order valence-corrected chi connectivity index (χ1v) is 9.09. The largest absolute Gasteiger partial charge is 0.334 e. The molecule has 1 aromatic heterocycles. The highest BCUT2D eigenvalue weighted by Crippen LogP contribution is 2.28. The van der Waals surface area contributed by atoms with Crippen LogP contribution in [0.15, 0.2) is 11.2 Å². The molecule has 0 aromatic carbocycles. The lowest BCUT2D eigenvalue weighted by atomic mass is 10.2. The summed E-state index contributed by atoms with van der Waals surface area (Å²) in [6, 6.07) is 0.0748. The molecule has 1 aromatic rings. The zero-order valence-electron chi connectivity index (χ0n) is 12.0. The number of rotatable bonds is 6. The first-order valence-electron chi connectivity index (χ1n) is 7.12. The number of hydrogen-bond acceptors (Lipinski definition) is 3. The van der Waals surface area contributed by atoms with Gasteiger partial charge < -0.3 is 4.57 Å². The Morgan fingerprint density at radius 2 is 2.10 bits per heavy atom. The van der Waals surface area contributed by atoms with E-state index < -0.39 is 10.0 Å².